The van der Waals surface area contributed by atoms with E-state index < -0.39 is 11.0 Å². The first-order valence-corrected chi connectivity index (χ1v) is 7.12. The van der Waals surface area contributed by atoms with Gasteiger partial charge in [0.05, 0.1) is 15.6 Å². The number of carbonyl (C=O) groups is 1. The van der Waals surface area contributed by atoms with Gasteiger partial charge in [-0.15, -0.1) is 0 Å². The van der Waals surface area contributed by atoms with Crippen molar-refractivity contribution in [2.24, 2.45) is 5.92 Å². The first-order valence-electron chi connectivity index (χ1n) is 6.74. The molecule has 0 bridgehead atoms. The highest BCUT2D eigenvalue weighted by molar-refractivity contribution is 6.33. The molecule has 0 unspecified atom stereocenters. The Morgan fingerprint density at radius 2 is 2.10 bits per heavy atom. The number of nitrogens with one attached hydrogen (secondary N) is 2. The van der Waals surface area contributed by atoms with Crippen molar-refractivity contribution in [2.75, 3.05) is 5.32 Å². The molecule has 2 N–H and O–H groups in total. The van der Waals surface area contributed by atoms with Crippen molar-refractivity contribution in [1.29, 1.82) is 0 Å². The van der Waals surface area contributed by atoms with Crippen molar-refractivity contribution in [3.05, 3.63) is 45.6 Å². The summed E-state index contributed by atoms with van der Waals surface area (Å²) in [6.07, 6.45) is 8.33. The number of nitro benzene ring substituents is 1. The Morgan fingerprint density at radius 1 is 1.38 bits per heavy atom. The summed E-state index contributed by atoms with van der Waals surface area (Å²) in [6, 6.07) is 3.41. The summed E-state index contributed by atoms with van der Waals surface area (Å²) >= 11 is 5.90. The number of rotatable bonds is 4. The second-order valence-electron chi connectivity index (χ2n) is 4.92. The molecule has 1 aromatic rings. The Balaban J connectivity index is 1.92. The maximum atomic E-state index is 11.7. The number of nitro groups is 1. The second-order valence-corrected chi connectivity index (χ2v) is 5.33. The summed E-state index contributed by atoms with van der Waals surface area (Å²) in [6.45, 7) is 0. The number of nitrogens with zero attached hydrogens (tertiary/aromatic N) is 1. The topological polar surface area (TPSA) is 84.3 Å². The first kappa shape index (κ1) is 15.3. The molecule has 0 spiro atoms. The summed E-state index contributed by atoms with van der Waals surface area (Å²) in [4.78, 5) is 21.9. The molecule has 0 atom stereocenters. The van der Waals surface area contributed by atoms with E-state index in [0.717, 1.165) is 12.8 Å². The highest BCUT2D eigenvalue weighted by atomic mass is 35.5. The number of allylic oxidation sites excluding steroid dienone is 1. The van der Waals surface area contributed by atoms with Crippen LogP contribution in [0.1, 0.15) is 25.7 Å². The van der Waals surface area contributed by atoms with E-state index in [1.54, 1.807) is 6.20 Å². The van der Waals surface area contributed by atoms with Gasteiger partial charge < -0.3 is 10.6 Å². The fraction of sp³-hybridized carbons (Fsp3) is 0.357. The van der Waals surface area contributed by atoms with Crippen LogP contribution in [0, 0.1) is 16.0 Å². The third-order valence-electron chi connectivity index (χ3n) is 3.39. The van der Waals surface area contributed by atoms with Gasteiger partial charge in [-0.1, -0.05) is 30.5 Å². The number of hydrogen-bond donors (Lipinski definition) is 2. The molecule has 21 heavy (non-hydrogen) atoms. The molecule has 0 radical (unpaired) electrons. The molecule has 1 saturated carbocycles. The number of halogens is 1. The van der Waals surface area contributed by atoms with E-state index in [1.807, 2.05) is 6.08 Å². The van der Waals surface area contributed by atoms with Crippen molar-refractivity contribution in [3.8, 4) is 0 Å². The minimum absolute atomic E-state index is 0.129. The van der Waals surface area contributed by atoms with Gasteiger partial charge in [0.1, 0.15) is 0 Å². The van der Waals surface area contributed by atoms with E-state index in [4.69, 9.17) is 11.6 Å². The van der Waals surface area contributed by atoms with Crippen LogP contribution in [0.3, 0.4) is 0 Å². The zero-order chi connectivity index (χ0) is 15.2. The number of non-ortho nitro benzene ring substituents is 1. The minimum atomic E-state index is -0.542. The van der Waals surface area contributed by atoms with E-state index in [1.165, 1.54) is 31.0 Å². The van der Waals surface area contributed by atoms with Crippen LogP contribution in [0.25, 0.3) is 0 Å². The molecule has 2 rings (SSSR count). The quantitative estimate of drug-likeness (QED) is 0.649. The molecule has 1 aliphatic rings. The zero-order valence-corrected chi connectivity index (χ0v) is 12.1. The number of anilines is 1. The average Bonchev–Trinajstić information content (AvgIpc) is 2.94. The molecule has 2 amide bonds. The number of urea groups is 1. The normalized spacial score (nSPS) is 15.3. The SMILES string of the molecule is O=C(N/C=C/C1CCCC1)Nc1cc([N+](=O)[O-])ccc1Cl. The van der Waals surface area contributed by atoms with E-state index in [-0.39, 0.29) is 16.4 Å². The highest BCUT2D eigenvalue weighted by Crippen LogP contribution is 2.27. The van der Waals surface area contributed by atoms with E-state index >= 15 is 0 Å². The molecule has 1 aromatic carbocycles. The summed E-state index contributed by atoms with van der Waals surface area (Å²) in [5.41, 5.74) is 0.0776. The van der Waals surface area contributed by atoms with Crippen LogP contribution in [-0.2, 0) is 0 Å². The lowest BCUT2D eigenvalue weighted by Gasteiger charge is -2.07. The van der Waals surface area contributed by atoms with Crippen LogP contribution in [0.4, 0.5) is 16.2 Å². The van der Waals surface area contributed by atoms with E-state index in [2.05, 4.69) is 10.6 Å². The van der Waals surface area contributed by atoms with Gasteiger partial charge in [-0.05, 0) is 24.8 Å². The van der Waals surface area contributed by atoms with Gasteiger partial charge in [0, 0.05) is 18.3 Å². The minimum Gasteiger partial charge on any atom is -0.315 e. The van der Waals surface area contributed by atoms with Gasteiger partial charge >= 0.3 is 6.03 Å². The molecule has 1 aliphatic carbocycles. The second kappa shape index (κ2) is 7.08. The average molecular weight is 310 g/mol. The molecule has 112 valence electrons. The van der Waals surface area contributed by atoms with Crippen LogP contribution < -0.4 is 10.6 Å². The maximum Gasteiger partial charge on any atom is 0.323 e. The van der Waals surface area contributed by atoms with Crippen molar-refractivity contribution < 1.29 is 9.72 Å². The fourth-order valence-corrected chi connectivity index (χ4v) is 2.46. The third-order valence-corrected chi connectivity index (χ3v) is 3.72. The molecule has 0 heterocycles. The lowest BCUT2D eigenvalue weighted by atomic mass is 10.1. The standard InChI is InChI=1S/C14H16ClN3O3/c15-12-6-5-11(18(20)21)9-13(12)17-14(19)16-8-7-10-3-1-2-4-10/h5-10H,1-4H2,(H2,16,17,19)/b8-7+. The lowest BCUT2D eigenvalue weighted by molar-refractivity contribution is -0.384. The van der Waals surface area contributed by atoms with Crippen molar-refractivity contribution in [1.82, 2.24) is 5.32 Å². The molecular formula is C14H16ClN3O3. The number of carbonyl (C=O) groups excluding carboxylic acids is 1. The highest BCUT2D eigenvalue weighted by Gasteiger charge is 2.13. The Labute approximate surface area is 127 Å². The molecule has 7 heteroatoms. The van der Waals surface area contributed by atoms with Gasteiger partial charge in [-0.25, -0.2) is 4.79 Å². The lowest BCUT2D eigenvalue weighted by Crippen LogP contribution is -2.24. The monoisotopic (exact) mass is 309 g/mol. The molecule has 0 saturated heterocycles. The van der Waals surface area contributed by atoms with Gasteiger partial charge in [-0.2, -0.15) is 0 Å². The van der Waals surface area contributed by atoms with Crippen molar-refractivity contribution >= 4 is 29.0 Å². The van der Waals surface area contributed by atoms with Crippen LogP contribution in [0.2, 0.25) is 5.02 Å². The molecule has 6 nitrogen and oxygen atoms in total. The predicted molar refractivity (Wildman–Crippen MR) is 81.4 cm³/mol. The van der Waals surface area contributed by atoms with Crippen LogP contribution in [-0.4, -0.2) is 11.0 Å². The Bertz CT molecular complexity index is 569. The summed E-state index contributed by atoms with van der Waals surface area (Å²) in [5, 5.41) is 16.0. The van der Waals surface area contributed by atoms with Gasteiger partial charge in [-0.3, -0.25) is 10.1 Å². The third kappa shape index (κ3) is 4.46. The van der Waals surface area contributed by atoms with Crippen LogP contribution in [0.5, 0.6) is 0 Å². The Morgan fingerprint density at radius 3 is 2.76 bits per heavy atom. The zero-order valence-electron chi connectivity index (χ0n) is 11.3. The molecular weight excluding hydrogens is 294 g/mol. The summed E-state index contributed by atoms with van der Waals surface area (Å²) in [5.74, 6) is 0.520. The van der Waals surface area contributed by atoms with Crippen molar-refractivity contribution in [3.63, 3.8) is 0 Å². The van der Waals surface area contributed by atoms with Gasteiger partial charge in [0.15, 0.2) is 0 Å². The van der Waals surface area contributed by atoms with E-state index in [9.17, 15) is 14.9 Å². The van der Waals surface area contributed by atoms with Gasteiger partial charge in [0.25, 0.3) is 5.69 Å². The van der Waals surface area contributed by atoms with Crippen LogP contribution in [0.15, 0.2) is 30.5 Å². The van der Waals surface area contributed by atoms with Crippen molar-refractivity contribution in [2.45, 2.75) is 25.7 Å². The smallest absolute Gasteiger partial charge is 0.315 e. The Hall–Kier alpha value is -2.08. The Kier molecular flexibility index (Phi) is 5.16. The molecule has 0 aliphatic heterocycles. The number of amides is 2. The van der Waals surface area contributed by atoms with Gasteiger partial charge in [0.2, 0.25) is 0 Å². The number of hydrogen-bond acceptors (Lipinski definition) is 3. The number of benzene rings is 1. The molecule has 0 aromatic heterocycles. The molecule has 1 fully saturated rings. The van der Waals surface area contributed by atoms with Crippen LogP contribution >= 0.6 is 11.6 Å². The summed E-state index contributed by atoms with van der Waals surface area (Å²) in [7, 11) is 0. The fourth-order valence-electron chi connectivity index (χ4n) is 2.29. The van der Waals surface area contributed by atoms with E-state index in [0.29, 0.717) is 5.92 Å². The predicted octanol–water partition coefficient (Wildman–Crippen LogP) is 4.07. The summed E-state index contributed by atoms with van der Waals surface area (Å²) < 4.78 is 0. The largest absolute Gasteiger partial charge is 0.323 e. The maximum absolute atomic E-state index is 11.7. The first-order chi connectivity index (χ1) is 10.1.